The van der Waals surface area contributed by atoms with Crippen molar-refractivity contribution < 1.29 is 4.79 Å². The summed E-state index contributed by atoms with van der Waals surface area (Å²) in [4.78, 5) is 35.7. The predicted molar refractivity (Wildman–Crippen MR) is 122 cm³/mol. The van der Waals surface area contributed by atoms with Gasteiger partial charge in [-0.25, -0.2) is 15.0 Å². The third kappa shape index (κ3) is 3.71. The topological polar surface area (TPSA) is 92.6 Å². The minimum absolute atomic E-state index is 0.131. The lowest BCUT2D eigenvalue weighted by Gasteiger charge is -2.15. The van der Waals surface area contributed by atoms with E-state index in [2.05, 4.69) is 50.9 Å². The van der Waals surface area contributed by atoms with Crippen LogP contribution in [0.15, 0.2) is 55.2 Å². The Morgan fingerprint density at radius 3 is 2.75 bits per heavy atom. The molecule has 0 aliphatic heterocycles. The fraction of sp³-hybridized carbons (Fsp3) is 0.208. The Labute approximate surface area is 185 Å². The van der Waals surface area contributed by atoms with Crippen LogP contribution in [0.1, 0.15) is 32.9 Å². The highest BCUT2D eigenvalue weighted by Gasteiger charge is 2.17. The lowest BCUT2D eigenvalue weighted by molar-refractivity contribution is 0.0781. The van der Waals surface area contributed by atoms with Crippen molar-refractivity contribution in [2.45, 2.75) is 26.9 Å². The van der Waals surface area contributed by atoms with Gasteiger partial charge in [-0.15, -0.1) is 0 Å². The van der Waals surface area contributed by atoms with Crippen LogP contribution in [0.4, 0.5) is 0 Å². The van der Waals surface area contributed by atoms with E-state index in [4.69, 9.17) is 0 Å². The molecular weight excluding hydrogens is 402 g/mol. The van der Waals surface area contributed by atoms with Gasteiger partial charge in [-0.2, -0.15) is 0 Å². The smallest absolute Gasteiger partial charge is 0.255 e. The third-order valence-corrected chi connectivity index (χ3v) is 5.66. The Morgan fingerprint density at radius 2 is 1.94 bits per heavy atom. The molecule has 1 amide bonds. The Hall–Kier alpha value is -4.07. The van der Waals surface area contributed by atoms with Crippen LogP contribution in [0, 0.1) is 13.8 Å². The molecule has 1 aromatic carbocycles. The van der Waals surface area contributed by atoms with Crippen LogP contribution < -0.4 is 0 Å². The van der Waals surface area contributed by atoms with Crippen molar-refractivity contribution in [2.75, 3.05) is 7.05 Å². The molecule has 8 heteroatoms. The molecule has 0 saturated carbocycles. The number of fused-ring (bicyclic) bond motifs is 2. The van der Waals surface area contributed by atoms with Gasteiger partial charge in [-0.3, -0.25) is 9.78 Å². The zero-order chi connectivity index (χ0) is 22.2. The molecule has 0 aliphatic carbocycles. The van der Waals surface area contributed by atoms with Crippen LogP contribution in [-0.2, 0) is 13.1 Å². The molecular formula is C24H23N7O. The summed E-state index contributed by atoms with van der Waals surface area (Å²) in [6.45, 7) is 5.14. The molecule has 0 spiro atoms. The number of amides is 1. The van der Waals surface area contributed by atoms with Crippen molar-refractivity contribution in [3.05, 3.63) is 83.3 Å². The largest absolute Gasteiger partial charge is 0.340 e. The van der Waals surface area contributed by atoms with E-state index in [1.165, 1.54) is 11.1 Å². The quantitative estimate of drug-likeness (QED) is 0.464. The first kappa shape index (κ1) is 19.9. The van der Waals surface area contributed by atoms with Crippen molar-refractivity contribution >= 4 is 28.1 Å². The van der Waals surface area contributed by atoms with E-state index < -0.39 is 0 Å². The van der Waals surface area contributed by atoms with Crippen LogP contribution in [-0.4, -0.2) is 47.3 Å². The van der Waals surface area contributed by atoms with Crippen LogP contribution in [0.5, 0.6) is 0 Å². The molecule has 5 rings (SSSR count). The Balaban J connectivity index is 1.35. The predicted octanol–water partition coefficient (Wildman–Crippen LogP) is 3.64. The number of carbonyl (C=O) groups excluding carboxylic acids is 1. The minimum Gasteiger partial charge on any atom is -0.340 e. The second kappa shape index (κ2) is 7.88. The van der Waals surface area contributed by atoms with Gasteiger partial charge in [-0.1, -0.05) is 6.07 Å². The molecule has 4 heterocycles. The van der Waals surface area contributed by atoms with Crippen molar-refractivity contribution in [1.82, 2.24) is 34.4 Å². The molecule has 5 aromatic rings. The van der Waals surface area contributed by atoms with Gasteiger partial charge in [0.05, 0.1) is 36.0 Å². The number of aromatic amines is 1. The number of hydrogen-bond donors (Lipinski definition) is 1. The van der Waals surface area contributed by atoms with E-state index in [1.807, 2.05) is 22.9 Å². The number of carbonyl (C=O) groups is 1. The average molecular weight is 425 g/mol. The number of nitrogens with zero attached hydrogens (tertiary/aromatic N) is 6. The highest BCUT2D eigenvalue weighted by Crippen LogP contribution is 2.19. The molecule has 0 saturated heterocycles. The van der Waals surface area contributed by atoms with E-state index >= 15 is 0 Å². The van der Waals surface area contributed by atoms with Gasteiger partial charge < -0.3 is 14.5 Å². The third-order valence-electron chi connectivity index (χ3n) is 5.66. The molecule has 0 fully saturated rings. The van der Waals surface area contributed by atoms with Crippen molar-refractivity contribution in [3.63, 3.8) is 0 Å². The van der Waals surface area contributed by atoms with E-state index in [0.29, 0.717) is 24.2 Å². The Morgan fingerprint density at radius 1 is 1.09 bits per heavy atom. The highest BCUT2D eigenvalue weighted by atomic mass is 16.2. The van der Waals surface area contributed by atoms with Crippen LogP contribution in [0.3, 0.4) is 0 Å². The summed E-state index contributed by atoms with van der Waals surface area (Å²) in [6.07, 6.45) is 6.91. The van der Waals surface area contributed by atoms with E-state index in [-0.39, 0.29) is 5.91 Å². The molecule has 0 atom stereocenters. The first-order valence-corrected chi connectivity index (χ1v) is 10.4. The number of aromatic nitrogens is 6. The van der Waals surface area contributed by atoms with Gasteiger partial charge in [0, 0.05) is 25.6 Å². The monoisotopic (exact) mass is 425 g/mol. The first-order valence-electron chi connectivity index (χ1n) is 10.4. The first-order chi connectivity index (χ1) is 15.5. The lowest BCUT2D eigenvalue weighted by Crippen LogP contribution is -2.26. The maximum atomic E-state index is 13.0. The van der Waals surface area contributed by atoms with E-state index in [0.717, 1.165) is 28.1 Å². The molecule has 32 heavy (non-hydrogen) atoms. The van der Waals surface area contributed by atoms with Crippen LogP contribution >= 0.6 is 0 Å². The normalized spacial score (nSPS) is 11.3. The SMILES string of the molecule is Cc1cc2nc(CN(C)C(=O)c3cnc4c(c3)ncn4Cc3cccnc3)[nH]c2cc1C. The van der Waals surface area contributed by atoms with Gasteiger partial charge in [-0.05, 0) is 54.8 Å². The van der Waals surface area contributed by atoms with E-state index in [9.17, 15) is 4.79 Å². The summed E-state index contributed by atoms with van der Waals surface area (Å²) in [5.41, 5.74) is 7.26. The fourth-order valence-corrected chi connectivity index (χ4v) is 3.78. The second-order valence-corrected chi connectivity index (χ2v) is 8.10. The number of nitrogens with one attached hydrogen (secondary N) is 1. The summed E-state index contributed by atoms with van der Waals surface area (Å²) in [6, 6.07) is 9.84. The average Bonchev–Trinajstić information content (AvgIpc) is 3.37. The van der Waals surface area contributed by atoms with Crippen molar-refractivity contribution in [2.24, 2.45) is 0 Å². The van der Waals surface area contributed by atoms with Gasteiger partial charge in [0.25, 0.3) is 5.91 Å². The molecule has 0 bridgehead atoms. The summed E-state index contributed by atoms with van der Waals surface area (Å²) >= 11 is 0. The van der Waals surface area contributed by atoms with E-state index in [1.54, 1.807) is 36.7 Å². The molecule has 8 nitrogen and oxygen atoms in total. The summed E-state index contributed by atoms with van der Waals surface area (Å²) in [7, 11) is 1.76. The maximum Gasteiger partial charge on any atom is 0.255 e. The highest BCUT2D eigenvalue weighted by molar-refractivity contribution is 5.96. The number of pyridine rings is 2. The minimum atomic E-state index is -0.131. The molecule has 1 N–H and O–H groups in total. The summed E-state index contributed by atoms with van der Waals surface area (Å²) in [5, 5.41) is 0. The molecule has 4 aromatic heterocycles. The fourth-order valence-electron chi connectivity index (χ4n) is 3.78. The second-order valence-electron chi connectivity index (χ2n) is 8.10. The summed E-state index contributed by atoms with van der Waals surface area (Å²) < 4.78 is 1.95. The number of hydrogen-bond acceptors (Lipinski definition) is 5. The number of aryl methyl sites for hydroxylation is 2. The van der Waals surface area contributed by atoms with Crippen molar-refractivity contribution in [3.8, 4) is 0 Å². The molecule has 0 unspecified atom stereocenters. The Kier molecular flexibility index (Phi) is 4.89. The van der Waals surface area contributed by atoms with Crippen molar-refractivity contribution in [1.29, 1.82) is 0 Å². The van der Waals surface area contributed by atoms with Gasteiger partial charge >= 0.3 is 0 Å². The number of benzene rings is 1. The standard InChI is InChI=1S/C24H23N7O/c1-15-7-19-20(8-16(15)2)29-22(28-19)13-30(3)24(32)18-9-21-23(26-11-18)31(14-27-21)12-17-5-4-6-25-10-17/h4-11,14H,12-13H2,1-3H3,(H,28,29). The maximum absolute atomic E-state index is 13.0. The van der Waals surface area contributed by atoms with Gasteiger partial charge in [0.15, 0.2) is 5.65 Å². The van der Waals surface area contributed by atoms with Gasteiger partial charge in [0.1, 0.15) is 11.3 Å². The lowest BCUT2D eigenvalue weighted by atomic mass is 10.1. The number of imidazole rings is 2. The summed E-state index contributed by atoms with van der Waals surface area (Å²) in [5.74, 6) is 0.615. The Bertz CT molecular complexity index is 1400. The molecule has 160 valence electrons. The van der Waals surface area contributed by atoms with Crippen LogP contribution in [0.2, 0.25) is 0 Å². The zero-order valence-electron chi connectivity index (χ0n) is 18.2. The number of H-pyrrole nitrogens is 1. The zero-order valence-corrected chi connectivity index (χ0v) is 18.2. The number of rotatable bonds is 5. The van der Waals surface area contributed by atoms with Crippen LogP contribution in [0.25, 0.3) is 22.2 Å². The van der Waals surface area contributed by atoms with Gasteiger partial charge in [0.2, 0.25) is 0 Å². The molecule has 0 aliphatic rings. The molecule has 0 radical (unpaired) electrons.